The van der Waals surface area contributed by atoms with Crippen LogP contribution in [-0.2, 0) is 5.75 Å². The molecule has 3 nitrogen and oxygen atoms in total. The van der Waals surface area contributed by atoms with Gasteiger partial charge in [-0.2, -0.15) is 0 Å². The van der Waals surface area contributed by atoms with Gasteiger partial charge >= 0.3 is 0 Å². The summed E-state index contributed by atoms with van der Waals surface area (Å²) in [7, 11) is 0. The second-order valence-corrected chi connectivity index (χ2v) is 6.36. The Balaban J connectivity index is 2.16. The van der Waals surface area contributed by atoms with Crippen LogP contribution < -0.4 is 5.56 Å². The van der Waals surface area contributed by atoms with E-state index in [9.17, 15) is 4.79 Å². The van der Waals surface area contributed by atoms with Gasteiger partial charge in [0.25, 0.3) is 5.56 Å². The molecule has 100 valence electrons. The summed E-state index contributed by atoms with van der Waals surface area (Å²) in [5.74, 6) is 1.63. The molecule has 0 aliphatic carbocycles. The molecule has 0 aliphatic heterocycles. The lowest BCUT2D eigenvalue weighted by atomic mass is 10.1. The number of hydrogen-bond acceptors (Lipinski definition) is 3. The molecule has 0 aliphatic rings. The highest BCUT2D eigenvalue weighted by molar-refractivity contribution is 9.10. The lowest BCUT2D eigenvalue weighted by molar-refractivity contribution is 0.793. The minimum Gasteiger partial charge on any atom is -0.310 e. The van der Waals surface area contributed by atoms with Gasteiger partial charge in [0.2, 0.25) is 0 Å². The molecule has 1 heterocycles. The summed E-state index contributed by atoms with van der Waals surface area (Å²) in [6.45, 7) is 4.07. The van der Waals surface area contributed by atoms with Crippen molar-refractivity contribution < 1.29 is 0 Å². The van der Waals surface area contributed by atoms with Gasteiger partial charge in [-0.15, -0.1) is 11.8 Å². The van der Waals surface area contributed by atoms with Crippen LogP contribution in [0.1, 0.15) is 31.3 Å². The zero-order chi connectivity index (χ0) is 13.8. The van der Waals surface area contributed by atoms with Crippen molar-refractivity contribution in [3.8, 4) is 0 Å². The van der Waals surface area contributed by atoms with E-state index in [1.54, 1.807) is 17.8 Å². The van der Waals surface area contributed by atoms with Gasteiger partial charge in [0.15, 0.2) is 0 Å². The van der Waals surface area contributed by atoms with Crippen LogP contribution in [0, 0.1) is 0 Å². The normalized spacial score (nSPS) is 10.9. The monoisotopic (exact) mass is 338 g/mol. The summed E-state index contributed by atoms with van der Waals surface area (Å²) >= 11 is 5.16. The lowest BCUT2D eigenvalue weighted by Crippen LogP contribution is -2.12. The maximum Gasteiger partial charge on any atom is 0.251 e. The van der Waals surface area contributed by atoms with Crippen molar-refractivity contribution in [1.29, 1.82) is 0 Å². The molecular weight excluding hydrogens is 324 g/mol. The molecule has 2 aromatic rings. The zero-order valence-corrected chi connectivity index (χ0v) is 13.2. The van der Waals surface area contributed by atoms with Crippen LogP contribution in [0.2, 0.25) is 0 Å². The van der Waals surface area contributed by atoms with Gasteiger partial charge < -0.3 is 4.98 Å². The highest BCUT2D eigenvalue weighted by atomic mass is 79.9. The third kappa shape index (κ3) is 3.94. The van der Waals surface area contributed by atoms with Crippen molar-refractivity contribution in [2.45, 2.75) is 30.4 Å². The van der Waals surface area contributed by atoms with Crippen molar-refractivity contribution in [3.05, 3.63) is 56.7 Å². The van der Waals surface area contributed by atoms with E-state index in [1.807, 2.05) is 38.1 Å². The second-order valence-electron chi connectivity index (χ2n) is 4.49. The molecule has 0 bridgehead atoms. The molecule has 0 atom stereocenters. The predicted molar refractivity (Wildman–Crippen MR) is 82.6 cm³/mol. The van der Waals surface area contributed by atoms with Crippen molar-refractivity contribution in [1.82, 2.24) is 9.97 Å². The summed E-state index contributed by atoms with van der Waals surface area (Å²) in [6, 6.07) is 9.58. The van der Waals surface area contributed by atoms with E-state index in [4.69, 9.17) is 0 Å². The first-order valence-corrected chi connectivity index (χ1v) is 7.81. The fourth-order valence-electron chi connectivity index (χ4n) is 1.60. The largest absolute Gasteiger partial charge is 0.310 e. The molecule has 19 heavy (non-hydrogen) atoms. The number of thioether (sulfide) groups is 1. The molecule has 0 radical (unpaired) electrons. The fourth-order valence-corrected chi connectivity index (χ4v) is 3.04. The first-order chi connectivity index (χ1) is 9.06. The molecular formula is C14H15BrN2OS. The van der Waals surface area contributed by atoms with E-state index >= 15 is 0 Å². The van der Waals surface area contributed by atoms with Crippen LogP contribution in [0.15, 0.2) is 44.5 Å². The Bertz CT molecular complexity index is 625. The van der Waals surface area contributed by atoms with E-state index < -0.39 is 0 Å². The summed E-state index contributed by atoms with van der Waals surface area (Å²) < 4.78 is 1.06. The maximum absolute atomic E-state index is 11.6. The topological polar surface area (TPSA) is 45.8 Å². The molecule has 0 fully saturated rings. The number of nitrogens with zero attached hydrogens (tertiary/aromatic N) is 1. The zero-order valence-electron chi connectivity index (χ0n) is 10.8. The quantitative estimate of drug-likeness (QED) is 0.858. The molecule has 1 N–H and O–H groups in total. The third-order valence-corrected chi connectivity index (χ3v) is 4.64. The first-order valence-electron chi connectivity index (χ1n) is 6.03. The van der Waals surface area contributed by atoms with Gasteiger partial charge in [0, 0.05) is 15.4 Å². The Hall–Kier alpha value is -1.07. The fraction of sp³-hybridized carbons (Fsp3) is 0.286. The molecule has 0 saturated heterocycles. The summed E-state index contributed by atoms with van der Waals surface area (Å²) in [6.07, 6.45) is 0. The Labute approximate surface area is 125 Å². The second kappa shape index (κ2) is 6.39. The average molecular weight is 339 g/mol. The molecule has 2 rings (SSSR count). The third-order valence-electron chi connectivity index (χ3n) is 2.60. The Morgan fingerprint density at radius 3 is 2.79 bits per heavy atom. The molecule has 1 aromatic heterocycles. The lowest BCUT2D eigenvalue weighted by Gasteiger charge is -2.07. The van der Waals surface area contributed by atoms with E-state index in [-0.39, 0.29) is 11.5 Å². The van der Waals surface area contributed by atoms with E-state index in [0.29, 0.717) is 5.75 Å². The smallest absolute Gasteiger partial charge is 0.251 e. The van der Waals surface area contributed by atoms with Crippen molar-refractivity contribution in [3.63, 3.8) is 0 Å². The van der Waals surface area contributed by atoms with E-state index in [1.165, 1.54) is 0 Å². The Morgan fingerprint density at radius 1 is 1.37 bits per heavy atom. The first kappa shape index (κ1) is 14.3. The van der Waals surface area contributed by atoms with Crippen LogP contribution >= 0.6 is 27.7 Å². The number of aromatic nitrogens is 2. The van der Waals surface area contributed by atoms with E-state index in [0.717, 1.165) is 20.9 Å². The van der Waals surface area contributed by atoms with Crippen molar-refractivity contribution in [2.75, 3.05) is 0 Å². The minimum absolute atomic E-state index is 0.0820. The van der Waals surface area contributed by atoms with Gasteiger partial charge in [0.05, 0.1) is 11.4 Å². The standard InChI is InChI=1S/C14H15BrN2OS/c1-9(2)11-7-14(18)17-13(16-11)8-19-12-6-4-3-5-10(12)15/h3-7,9H,8H2,1-2H3,(H,16,17,18). The van der Waals surface area contributed by atoms with Gasteiger partial charge in [-0.3, -0.25) is 4.79 Å². The van der Waals surface area contributed by atoms with Crippen molar-refractivity contribution in [2.24, 2.45) is 0 Å². The Kier molecular flexibility index (Phi) is 4.82. The number of aromatic amines is 1. The summed E-state index contributed by atoms with van der Waals surface area (Å²) in [5.41, 5.74) is 0.757. The predicted octanol–water partition coefficient (Wildman–Crippen LogP) is 3.95. The number of benzene rings is 1. The molecule has 0 saturated carbocycles. The van der Waals surface area contributed by atoms with Gasteiger partial charge in [-0.05, 0) is 34.0 Å². The van der Waals surface area contributed by atoms with Gasteiger partial charge in [-0.25, -0.2) is 4.98 Å². The highest BCUT2D eigenvalue weighted by Gasteiger charge is 2.06. The van der Waals surface area contributed by atoms with Crippen LogP contribution in [0.3, 0.4) is 0 Å². The van der Waals surface area contributed by atoms with Gasteiger partial charge in [0.1, 0.15) is 5.82 Å². The summed E-state index contributed by atoms with van der Waals surface area (Å²) in [4.78, 5) is 20.0. The number of nitrogens with one attached hydrogen (secondary N) is 1. The van der Waals surface area contributed by atoms with Crippen LogP contribution in [-0.4, -0.2) is 9.97 Å². The number of rotatable bonds is 4. The van der Waals surface area contributed by atoms with Gasteiger partial charge in [-0.1, -0.05) is 26.0 Å². The number of H-pyrrole nitrogens is 1. The van der Waals surface area contributed by atoms with Crippen LogP contribution in [0.4, 0.5) is 0 Å². The molecule has 1 aromatic carbocycles. The van der Waals surface area contributed by atoms with Crippen LogP contribution in [0.5, 0.6) is 0 Å². The molecule has 0 amide bonds. The number of hydrogen-bond donors (Lipinski definition) is 1. The molecule has 5 heteroatoms. The average Bonchev–Trinajstić information content (AvgIpc) is 2.37. The minimum atomic E-state index is -0.0820. The molecule has 0 unspecified atom stereocenters. The Morgan fingerprint density at radius 2 is 2.11 bits per heavy atom. The SMILES string of the molecule is CC(C)c1cc(=O)[nH]c(CSc2ccccc2Br)n1. The van der Waals surface area contributed by atoms with E-state index in [2.05, 4.69) is 25.9 Å². The van der Waals surface area contributed by atoms with Crippen LogP contribution in [0.25, 0.3) is 0 Å². The van der Waals surface area contributed by atoms with Crippen molar-refractivity contribution >= 4 is 27.7 Å². The summed E-state index contributed by atoms with van der Waals surface area (Å²) in [5, 5.41) is 0. The maximum atomic E-state index is 11.6. The molecule has 0 spiro atoms. The highest BCUT2D eigenvalue weighted by Crippen LogP contribution is 2.28. The number of halogens is 1.